The lowest BCUT2D eigenvalue weighted by molar-refractivity contribution is -0.117. The maximum Gasteiger partial charge on any atom is 0.230 e. The summed E-state index contributed by atoms with van der Waals surface area (Å²) in [6, 6.07) is 8.09. The molecule has 108 valence electrons. The molecule has 0 saturated heterocycles. The smallest absolute Gasteiger partial charge is 0.230 e. The van der Waals surface area contributed by atoms with E-state index in [4.69, 9.17) is 5.73 Å². The van der Waals surface area contributed by atoms with E-state index in [0.717, 1.165) is 29.2 Å². The number of imidazole rings is 1. The summed E-state index contributed by atoms with van der Waals surface area (Å²) in [6.07, 6.45) is 3.50. The van der Waals surface area contributed by atoms with Gasteiger partial charge in [0.05, 0.1) is 16.3 Å². The van der Waals surface area contributed by atoms with E-state index < -0.39 is 0 Å². The minimum atomic E-state index is -0.304. The molecule has 1 aromatic carbocycles. The minimum absolute atomic E-state index is 0.267. The molecule has 1 aromatic heterocycles. The molecule has 1 heterocycles. The molecule has 0 saturated carbocycles. The zero-order valence-electron chi connectivity index (χ0n) is 12.0. The first-order valence-electron chi connectivity index (χ1n) is 7.04. The SMILES string of the molecule is CCCCCn1c(S[C@@H](C)C(N)=O)nc2ccccc21. The summed E-state index contributed by atoms with van der Waals surface area (Å²) in [6.45, 7) is 4.95. The third-order valence-corrected chi connectivity index (χ3v) is 4.40. The fourth-order valence-corrected chi connectivity index (χ4v) is 3.00. The number of hydrogen-bond acceptors (Lipinski definition) is 3. The monoisotopic (exact) mass is 291 g/mol. The third kappa shape index (κ3) is 3.33. The number of aryl methyl sites for hydroxylation is 1. The van der Waals surface area contributed by atoms with Gasteiger partial charge in [0.1, 0.15) is 0 Å². The average molecular weight is 291 g/mol. The Bertz CT molecular complexity index is 594. The van der Waals surface area contributed by atoms with E-state index in [1.807, 2.05) is 25.1 Å². The van der Waals surface area contributed by atoms with Gasteiger partial charge in [-0.15, -0.1) is 0 Å². The van der Waals surface area contributed by atoms with E-state index in [0.29, 0.717) is 0 Å². The molecule has 5 heteroatoms. The summed E-state index contributed by atoms with van der Waals surface area (Å²) >= 11 is 1.44. The molecular weight excluding hydrogens is 270 g/mol. The van der Waals surface area contributed by atoms with Crippen LogP contribution in [0.25, 0.3) is 11.0 Å². The maximum atomic E-state index is 11.3. The summed E-state index contributed by atoms with van der Waals surface area (Å²) < 4.78 is 2.20. The van der Waals surface area contributed by atoms with Crippen LogP contribution in [0.3, 0.4) is 0 Å². The van der Waals surface area contributed by atoms with Crippen LogP contribution in [0.2, 0.25) is 0 Å². The number of carbonyl (C=O) groups is 1. The summed E-state index contributed by atoms with van der Waals surface area (Å²) in [5, 5.41) is 0.616. The topological polar surface area (TPSA) is 60.9 Å². The molecule has 0 aliphatic rings. The minimum Gasteiger partial charge on any atom is -0.369 e. The Morgan fingerprint density at radius 2 is 2.15 bits per heavy atom. The number of fused-ring (bicyclic) bond motifs is 1. The van der Waals surface area contributed by atoms with Gasteiger partial charge in [0.15, 0.2) is 5.16 Å². The second kappa shape index (κ2) is 6.79. The molecule has 0 aliphatic heterocycles. The molecule has 2 N–H and O–H groups in total. The highest BCUT2D eigenvalue weighted by Gasteiger charge is 2.17. The number of thioether (sulfide) groups is 1. The molecule has 2 aromatic rings. The lowest BCUT2D eigenvalue weighted by Crippen LogP contribution is -2.23. The fraction of sp³-hybridized carbons (Fsp3) is 0.467. The molecule has 0 fully saturated rings. The van der Waals surface area contributed by atoms with Crippen LogP contribution in [0, 0.1) is 0 Å². The van der Waals surface area contributed by atoms with Crippen LogP contribution < -0.4 is 5.73 Å². The van der Waals surface area contributed by atoms with Gasteiger partial charge in [0.2, 0.25) is 5.91 Å². The molecule has 20 heavy (non-hydrogen) atoms. The number of nitrogens with zero attached hydrogens (tertiary/aromatic N) is 2. The van der Waals surface area contributed by atoms with Crippen molar-refractivity contribution in [3.8, 4) is 0 Å². The van der Waals surface area contributed by atoms with E-state index >= 15 is 0 Å². The summed E-state index contributed by atoms with van der Waals surface area (Å²) in [4.78, 5) is 15.9. The molecule has 4 nitrogen and oxygen atoms in total. The van der Waals surface area contributed by atoms with Gasteiger partial charge in [-0.1, -0.05) is 43.7 Å². The number of rotatable bonds is 7. The van der Waals surface area contributed by atoms with E-state index in [2.05, 4.69) is 22.5 Å². The molecule has 0 aliphatic carbocycles. The number of amides is 1. The second-order valence-electron chi connectivity index (χ2n) is 4.90. The lowest BCUT2D eigenvalue weighted by Gasteiger charge is -2.10. The molecule has 1 amide bonds. The Morgan fingerprint density at radius 3 is 2.85 bits per heavy atom. The predicted octanol–water partition coefficient (Wildman–Crippen LogP) is 3.19. The molecule has 2 rings (SSSR count). The number of primary amides is 1. The summed E-state index contributed by atoms with van der Waals surface area (Å²) in [5.41, 5.74) is 7.46. The van der Waals surface area contributed by atoms with E-state index in [-0.39, 0.29) is 11.2 Å². The summed E-state index contributed by atoms with van der Waals surface area (Å²) in [5.74, 6) is -0.304. The van der Waals surface area contributed by atoms with Crippen LogP contribution >= 0.6 is 11.8 Å². The molecule has 0 radical (unpaired) electrons. The highest BCUT2D eigenvalue weighted by molar-refractivity contribution is 8.00. The van der Waals surface area contributed by atoms with Crippen LogP contribution in [-0.4, -0.2) is 20.7 Å². The van der Waals surface area contributed by atoms with Crippen molar-refractivity contribution >= 4 is 28.7 Å². The Morgan fingerprint density at radius 1 is 1.40 bits per heavy atom. The van der Waals surface area contributed by atoms with Gasteiger partial charge in [0.25, 0.3) is 0 Å². The first kappa shape index (κ1) is 14.9. The zero-order chi connectivity index (χ0) is 14.5. The molecule has 1 atom stereocenters. The first-order chi connectivity index (χ1) is 9.63. The largest absolute Gasteiger partial charge is 0.369 e. The zero-order valence-corrected chi connectivity index (χ0v) is 12.8. The lowest BCUT2D eigenvalue weighted by atomic mass is 10.2. The Balaban J connectivity index is 2.30. The maximum absolute atomic E-state index is 11.3. The average Bonchev–Trinajstić information content (AvgIpc) is 2.77. The van der Waals surface area contributed by atoms with Crippen molar-refractivity contribution in [1.29, 1.82) is 0 Å². The molecule has 0 bridgehead atoms. The third-order valence-electron chi connectivity index (χ3n) is 3.29. The standard InChI is InChI=1S/C15H21N3OS/c1-3-4-7-10-18-13-9-6-5-8-12(13)17-15(18)20-11(2)14(16)19/h5-6,8-9,11H,3-4,7,10H2,1-2H3,(H2,16,19)/t11-/m0/s1. The quantitative estimate of drug-likeness (QED) is 0.629. The van der Waals surface area contributed by atoms with E-state index in [9.17, 15) is 4.79 Å². The van der Waals surface area contributed by atoms with Crippen LogP contribution in [0.4, 0.5) is 0 Å². The number of benzene rings is 1. The van der Waals surface area contributed by atoms with Gasteiger partial charge in [0, 0.05) is 6.54 Å². The second-order valence-corrected chi connectivity index (χ2v) is 6.21. The molecular formula is C15H21N3OS. The van der Waals surface area contributed by atoms with Crippen LogP contribution in [0.5, 0.6) is 0 Å². The number of aromatic nitrogens is 2. The van der Waals surface area contributed by atoms with Gasteiger partial charge in [-0.2, -0.15) is 0 Å². The number of carbonyl (C=O) groups excluding carboxylic acids is 1. The van der Waals surface area contributed by atoms with Crippen molar-refractivity contribution in [1.82, 2.24) is 9.55 Å². The van der Waals surface area contributed by atoms with Crippen LogP contribution in [0.15, 0.2) is 29.4 Å². The van der Waals surface area contributed by atoms with Gasteiger partial charge >= 0.3 is 0 Å². The van der Waals surface area contributed by atoms with Gasteiger partial charge < -0.3 is 10.3 Å². The van der Waals surface area contributed by atoms with E-state index in [1.165, 1.54) is 24.6 Å². The highest BCUT2D eigenvalue weighted by Crippen LogP contribution is 2.27. The van der Waals surface area contributed by atoms with Gasteiger partial charge in [-0.3, -0.25) is 4.79 Å². The fourth-order valence-electron chi connectivity index (χ4n) is 2.10. The highest BCUT2D eigenvalue weighted by atomic mass is 32.2. The predicted molar refractivity (Wildman–Crippen MR) is 83.8 cm³/mol. The number of para-hydroxylation sites is 2. The Hall–Kier alpha value is -1.49. The van der Waals surface area contributed by atoms with Gasteiger partial charge in [-0.25, -0.2) is 4.98 Å². The van der Waals surface area contributed by atoms with Crippen molar-refractivity contribution in [3.63, 3.8) is 0 Å². The number of hydrogen-bond donors (Lipinski definition) is 1. The van der Waals surface area contributed by atoms with Crippen LogP contribution in [-0.2, 0) is 11.3 Å². The van der Waals surface area contributed by atoms with Crippen LogP contribution in [0.1, 0.15) is 33.1 Å². The van der Waals surface area contributed by atoms with E-state index in [1.54, 1.807) is 0 Å². The first-order valence-corrected chi connectivity index (χ1v) is 7.92. The van der Waals surface area contributed by atoms with Crippen molar-refractivity contribution < 1.29 is 4.79 Å². The Kier molecular flexibility index (Phi) is 5.06. The Labute approximate surface area is 123 Å². The van der Waals surface area contributed by atoms with Crippen molar-refractivity contribution in [2.45, 2.75) is 50.1 Å². The van der Waals surface area contributed by atoms with Gasteiger partial charge in [-0.05, 0) is 25.5 Å². The normalized spacial score (nSPS) is 12.7. The van der Waals surface area contributed by atoms with Crippen molar-refractivity contribution in [2.75, 3.05) is 0 Å². The summed E-state index contributed by atoms with van der Waals surface area (Å²) in [7, 11) is 0. The molecule has 0 spiro atoms. The van der Waals surface area contributed by atoms with Crippen molar-refractivity contribution in [3.05, 3.63) is 24.3 Å². The molecule has 0 unspecified atom stereocenters. The van der Waals surface area contributed by atoms with Crippen molar-refractivity contribution in [2.24, 2.45) is 5.73 Å². The number of unbranched alkanes of at least 4 members (excludes halogenated alkanes) is 2. The number of nitrogens with two attached hydrogens (primary N) is 1.